The fourth-order valence-corrected chi connectivity index (χ4v) is 1.55. The number of nitrogens with zero attached hydrogens (tertiary/aromatic N) is 2. The first kappa shape index (κ1) is 15.2. The molecule has 106 valence electrons. The lowest BCUT2D eigenvalue weighted by Gasteiger charge is -2.24. The minimum Gasteiger partial charge on any atom is -0.358 e. The molecule has 0 saturated carbocycles. The molecule has 0 bridgehead atoms. The van der Waals surface area contributed by atoms with Gasteiger partial charge in [0.1, 0.15) is 5.69 Å². The number of halogens is 4. The van der Waals surface area contributed by atoms with Gasteiger partial charge in [-0.3, -0.25) is 4.79 Å². The molecule has 8 heteroatoms. The van der Waals surface area contributed by atoms with Crippen LogP contribution < -0.4 is 10.2 Å². The lowest BCUT2D eigenvalue weighted by molar-refractivity contribution is -0.119. The largest absolute Gasteiger partial charge is 0.358 e. The SMILES string of the molecule is CCCN(CC(=O)NC)c1c(F)c(F)nc(F)c1F. The maximum Gasteiger partial charge on any atom is 0.253 e. The second-order valence-electron chi connectivity index (χ2n) is 3.76. The first-order chi connectivity index (χ1) is 8.92. The number of likely N-dealkylation sites (N-methyl/N-ethyl adjacent to an activating group) is 1. The van der Waals surface area contributed by atoms with Crippen molar-refractivity contribution >= 4 is 11.6 Å². The summed E-state index contributed by atoms with van der Waals surface area (Å²) in [7, 11) is 1.34. The molecular formula is C11H13F4N3O. The van der Waals surface area contributed by atoms with Gasteiger partial charge in [-0.1, -0.05) is 6.92 Å². The third kappa shape index (κ3) is 3.33. The standard InChI is InChI=1S/C11H13F4N3O/c1-3-4-18(5-6(19)16-2)9-7(12)10(14)17-11(15)8(9)13/h3-5H2,1-2H3,(H,16,19). The Morgan fingerprint density at radius 1 is 1.21 bits per heavy atom. The molecule has 4 nitrogen and oxygen atoms in total. The van der Waals surface area contributed by atoms with Crippen LogP contribution >= 0.6 is 0 Å². The van der Waals surface area contributed by atoms with E-state index in [1.165, 1.54) is 7.05 Å². The van der Waals surface area contributed by atoms with Gasteiger partial charge in [0.25, 0.3) is 11.9 Å². The number of carbonyl (C=O) groups excluding carboxylic acids is 1. The summed E-state index contributed by atoms with van der Waals surface area (Å²) in [5.41, 5.74) is -0.921. The van der Waals surface area contributed by atoms with Crippen molar-refractivity contribution in [3.05, 3.63) is 23.5 Å². The Morgan fingerprint density at radius 2 is 1.74 bits per heavy atom. The summed E-state index contributed by atoms with van der Waals surface area (Å²) in [4.78, 5) is 14.7. The van der Waals surface area contributed by atoms with E-state index in [2.05, 4.69) is 10.3 Å². The molecule has 0 spiro atoms. The van der Waals surface area contributed by atoms with Gasteiger partial charge in [0.15, 0.2) is 0 Å². The Hall–Kier alpha value is -1.86. The van der Waals surface area contributed by atoms with Crippen LogP contribution in [0.4, 0.5) is 23.2 Å². The summed E-state index contributed by atoms with van der Waals surface area (Å²) in [5.74, 6) is -7.25. The first-order valence-electron chi connectivity index (χ1n) is 5.57. The number of rotatable bonds is 5. The number of nitrogens with one attached hydrogen (secondary N) is 1. The van der Waals surface area contributed by atoms with Crippen molar-refractivity contribution in [1.29, 1.82) is 0 Å². The van der Waals surface area contributed by atoms with Crippen LogP contribution in [0, 0.1) is 23.5 Å². The predicted octanol–water partition coefficient (Wildman–Crippen LogP) is 1.60. The van der Waals surface area contributed by atoms with Crippen LogP contribution in [0.3, 0.4) is 0 Å². The van der Waals surface area contributed by atoms with Crippen LogP contribution in [0.2, 0.25) is 0 Å². The average Bonchev–Trinajstić information content (AvgIpc) is 2.36. The molecule has 0 fully saturated rings. The molecule has 1 N–H and O–H groups in total. The maximum atomic E-state index is 13.6. The number of aromatic nitrogens is 1. The van der Waals surface area contributed by atoms with E-state index < -0.39 is 41.7 Å². The maximum absolute atomic E-state index is 13.6. The van der Waals surface area contributed by atoms with Gasteiger partial charge >= 0.3 is 0 Å². The fourth-order valence-electron chi connectivity index (χ4n) is 1.55. The topological polar surface area (TPSA) is 45.2 Å². The Morgan fingerprint density at radius 3 is 2.16 bits per heavy atom. The summed E-state index contributed by atoms with van der Waals surface area (Å²) in [5, 5.41) is 2.26. The zero-order valence-corrected chi connectivity index (χ0v) is 10.4. The van der Waals surface area contributed by atoms with Crippen molar-refractivity contribution in [1.82, 2.24) is 10.3 Å². The highest BCUT2D eigenvalue weighted by atomic mass is 19.2. The fraction of sp³-hybridized carbons (Fsp3) is 0.455. The molecule has 0 aliphatic rings. The number of hydrogen-bond acceptors (Lipinski definition) is 3. The van der Waals surface area contributed by atoms with Crippen molar-refractivity contribution in [2.45, 2.75) is 13.3 Å². The van der Waals surface area contributed by atoms with E-state index in [0.717, 1.165) is 4.90 Å². The van der Waals surface area contributed by atoms with E-state index in [4.69, 9.17) is 0 Å². The molecule has 0 aliphatic carbocycles. The third-order valence-corrected chi connectivity index (χ3v) is 2.40. The van der Waals surface area contributed by atoms with Gasteiger partial charge in [-0.05, 0) is 6.42 Å². The van der Waals surface area contributed by atoms with E-state index in [1.54, 1.807) is 6.92 Å². The van der Waals surface area contributed by atoms with E-state index in [1.807, 2.05) is 0 Å². The quantitative estimate of drug-likeness (QED) is 0.658. The highest BCUT2D eigenvalue weighted by Crippen LogP contribution is 2.26. The van der Waals surface area contributed by atoms with Crippen LogP contribution in [0.1, 0.15) is 13.3 Å². The number of carbonyl (C=O) groups is 1. The lowest BCUT2D eigenvalue weighted by atomic mass is 10.2. The Bertz CT molecular complexity index is 455. The molecule has 0 radical (unpaired) electrons. The average molecular weight is 279 g/mol. The smallest absolute Gasteiger partial charge is 0.253 e. The molecule has 1 aromatic heterocycles. The van der Waals surface area contributed by atoms with E-state index in [9.17, 15) is 22.4 Å². The van der Waals surface area contributed by atoms with Crippen LogP contribution in [0.25, 0.3) is 0 Å². The monoisotopic (exact) mass is 279 g/mol. The molecule has 0 saturated heterocycles. The number of amides is 1. The van der Waals surface area contributed by atoms with Gasteiger partial charge in [-0.15, -0.1) is 0 Å². The molecule has 0 unspecified atom stereocenters. The molecule has 1 amide bonds. The normalized spacial score (nSPS) is 10.4. The van der Waals surface area contributed by atoms with Gasteiger partial charge < -0.3 is 10.2 Å². The minimum atomic E-state index is -1.74. The molecule has 1 heterocycles. The van der Waals surface area contributed by atoms with Crippen LogP contribution in [0.5, 0.6) is 0 Å². The molecule has 0 atom stereocenters. The molecule has 1 rings (SSSR count). The van der Waals surface area contributed by atoms with Gasteiger partial charge in [-0.2, -0.15) is 22.5 Å². The van der Waals surface area contributed by atoms with Gasteiger partial charge in [-0.25, -0.2) is 0 Å². The van der Waals surface area contributed by atoms with Crippen molar-refractivity contribution in [3.63, 3.8) is 0 Å². The second kappa shape index (κ2) is 6.35. The minimum absolute atomic E-state index is 0.0597. The molecule has 1 aromatic rings. The van der Waals surface area contributed by atoms with Crippen molar-refractivity contribution < 1.29 is 22.4 Å². The van der Waals surface area contributed by atoms with Crippen LogP contribution in [-0.2, 0) is 4.79 Å². The highest BCUT2D eigenvalue weighted by molar-refractivity contribution is 5.81. The van der Waals surface area contributed by atoms with Gasteiger partial charge in [0, 0.05) is 13.6 Å². The molecule has 0 aromatic carbocycles. The number of pyridine rings is 1. The lowest BCUT2D eigenvalue weighted by Crippen LogP contribution is -2.37. The van der Waals surface area contributed by atoms with Crippen molar-refractivity contribution in [3.8, 4) is 0 Å². The summed E-state index contributed by atoms with van der Waals surface area (Å²) in [6.45, 7) is 1.34. The zero-order valence-electron chi connectivity index (χ0n) is 10.4. The van der Waals surface area contributed by atoms with Gasteiger partial charge in [0.2, 0.25) is 17.5 Å². The molecule has 19 heavy (non-hydrogen) atoms. The summed E-state index contributed by atoms with van der Waals surface area (Å²) >= 11 is 0. The number of anilines is 1. The Labute approximate surface area is 107 Å². The van der Waals surface area contributed by atoms with Crippen LogP contribution in [-0.4, -0.2) is 31.0 Å². The predicted molar refractivity (Wildman–Crippen MR) is 60.6 cm³/mol. The molecule has 0 aliphatic heterocycles. The molecular weight excluding hydrogens is 266 g/mol. The Kier molecular flexibility index (Phi) is 5.08. The van der Waals surface area contributed by atoms with Crippen LogP contribution in [0.15, 0.2) is 0 Å². The first-order valence-corrected chi connectivity index (χ1v) is 5.57. The summed E-state index contributed by atoms with van der Waals surface area (Å²) in [6.07, 6.45) is 0.432. The highest BCUT2D eigenvalue weighted by Gasteiger charge is 2.26. The zero-order chi connectivity index (χ0) is 14.6. The van der Waals surface area contributed by atoms with Crippen molar-refractivity contribution in [2.24, 2.45) is 0 Å². The van der Waals surface area contributed by atoms with Crippen molar-refractivity contribution in [2.75, 3.05) is 25.0 Å². The Balaban J connectivity index is 3.25. The second-order valence-corrected chi connectivity index (χ2v) is 3.76. The number of hydrogen-bond donors (Lipinski definition) is 1. The third-order valence-electron chi connectivity index (χ3n) is 2.40. The summed E-state index contributed by atoms with van der Waals surface area (Å²) in [6, 6.07) is 0. The van der Waals surface area contributed by atoms with E-state index >= 15 is 0 Å². The van der Waals surface area contributed by atoms with E-state index in [0.29, 0.717) is 6.42 Å². The summed E-state index contributed by atoms with van der Waals surface area (Å²) < 4.78 is 53.1. The van der Waals surface area contributed by atoms with E-state index in [-0.39, 0.29) is 6.54 Å². The van der Waals surface area contributed by atoms with Gasteiger partial charge in [0.05, 0.1) is 6.54 Å².